The Balaban J connectivity index is 1.30. The number of hydrogen-bond acceptors (Lipinski definition) is 9. The van der Waals surface area contributed by atoms with Gasteiger partial charge in [-0.1, -0.05) is 6.42 Å². The Morgan fingerprint density at radius 2 is 1.66 bits per heavy atom. The highest BCUT2D eigenvalue weighted by Crippen LogP contribution is 2.33. The van der Waals surface area contributed by atoms with E-state index in [1.807, 2.05) is 37.3 Å². The van der Waals surface area contributed by atoms with Gasteiger partial charge in [0.1, 0.15) is 12.4 Å². The summed E-state index contributed by atoms with van der Waals surface area (Å²) in [5.74, 6) is 2.92. The smallest absolute Gasteiger partial charge is 0.230 e. The molecule has 5 rings (SSSR count). The highest BCUT2D eigenvalue weighted by molar-refractivity contribution is 5.86. The number of rotatable bonds is 8. The van der Waals surface area contributed by atoms with Crippen molar-refractivity contribution >= 4 is 33.7 Å². The molecule has 0 radical (unpaired) electrons. The maximum Gasteiger partial charge on any atom is 0.230 e. The summed E-state index contributed by atoms with van der Waals surface area (Å²) in [6, 6.07) is 9.59. The molecule has 0 unspecified atom stereocenters. The van der Waals surface area contributed by atoms with Gasteiger partial charge in [0.2, 0.25) is 11.9 Å². The number of aryl methyl sites for hydroxylation is 1. The van der Waals surface area contributed by atoms with Crippen LogP contribution in [0.5, 0.6) is 17.2 Å². The first-order valence-corrected chi connectivity index (χ1v) is 11.9. The van der Waals surface area contributed by atoms with E-state index in [1.54, 1.807) is 20.4 Å². The number of ether oxygens (including phenoxy) is 3. The van der Waals surface area contributed by atoms with Gasteiger partial charge in [-0.05, 0) is 57.1 Å². The molecule has 182 valence electrons. The second-order valence-corrected chi connectivity index (χ2v) is 8.65. The van der Waals surface area contributed by atoms with Gasteiger partial charge >= 0.3 is 0 Å². The van der Waals surface area contributed by atoms with E-state index in [0.717, 1.165) is 39.8 Å². The van der Waals surface area contributed by atoms with Gasteiger partial charge in [-0.15, -0.1) is 0 Å². The van der Waals surface area contributed by atoms with E-state index in [4.69, 9.17) is 14.2 Å². The van der Waals surface area contributed by atoms with Crippen LogP contribution in [0.25, 0.3) is 21.8 Å². The lowest BCUT2D eigenvalue weighted by atomic mass is 10.1. The molecule has 3 heterocycles. The van der Waals surface area contributed by atoms with Gasteiger partial charge in [-0.25, -0.2) is 19.9 Å². The van der Waals surface area contributed by atoms with E-state index in [9.17, 15) is 0 Å². The minimum atomic E-state index is 0.416. The van der Waals surface area contributed by atoms with Gasteiger partial charge in [-0.2, -0.15) is 0 Å². The van der Waals surface area contributed by atoms with Crippen molar-refractivity contribution in [3.05, 3.63) is 42.2 Å². The molecule has 0 atom stereocenters. The Morgan fingerprint density at radius 3 is 2.46 bits per heavy atom. The summed E-state index contributed by atoms with van der Waals surface area (Å²) in [5, 5.41) is 4.93. The van der Waals surface area contributed by atoms with E-state index in [0.29, 0.717) is 30.0 Å². The molecule has 35 heavy (non-hydrogen) atoms. The topological polar surface area (TPSA) is 94.5 Å². The molecule has 4 aromatic rings. The Morgan fingerprint density at radius 1 is 0.886 bits per heavy atom. The predicted octanol–water partition coefficient (Wildman–Crippen LogP) is 4.51. The summed E-state index contributed by atoms with van der Waals surface area (Å²) >= 11 is 0. The number of methoxy groups -OCH3 is 2. The van der Waals surface area contributed by atoms with Crippen LogP contribution >= 0.6 is 0 Å². The second-order valence-electron chi connectivity index (χ2n) is 8.65. The number of hydrogen-bond donors (Lipinski definition) is 1. The fraction of sp³-hybridized carbons (Fsp3) is 0.385. The number of benzene rings is 2. The first kappa shape index (κ1) is 23.0. The standard InChI is InChI=1S/C26H30N6O3/c1-17-20-14-23(33-2)24(34-3)15-22(20)30-26(28-17)31-25-27-16-18-13-19(7-8-21(18)29-25)35-12-11-32-9-5-4-6-10-32/h7-8,13-16H,4-6,9-12H2,1-3H3,(H,27,28,29,30,31). The van der Waals surface area contributed by atoms with E-state index >= 15 is 0 Å². The molecule has 9 heteroatoms. The lowest BCUT2D eigenvalue weighted by molar-refractivity contribution is 0.183. The van der Waals surface area contributed by atoms with Crippen molar-refractivity contribution in [2.45, 2.75) is 26.2 Å². The molecule has 1 fully saturated rings. The van der Waals surface area contributed by atoms with E-state index in [-0.39, 0.29) is 0 Å². The number of aromatic nitrogens is 4. The number of fused-ring (bicyclic) bond motifs is 2. The highest BCUT2D eigenvalue weighted by Gasteiger charge is 2.13. The molecular weight excluding hydrogens is 444 g/mol. The predicted molar refractivity (Wildman–Crippen MR) is 136 cm³/mol. The molecule has 0 aliphatic carbocycles. The lowest BCUT2D eigenvalue weighted by Gasteiger charge is -2.26. The normalized spacial score (nSPS) is 14.3. The second kappa shape index (κ2) is 10.3. The zero-order chi connectivity index (χ0) is 24.2. The van der Waals surface area contributed by atoms with Crippen LogP contribution in [0, 0.1) is 6.92 Å². The molecule has 0 amide bonds. The summed E-state index contributed by atoms with van der Waals surface area (Å²) in [6.45, 7) is 5.91. The summed E-state index contributed by atoms with van der Waals surface area (Å²) in [5.41, 5.74) is 2.37. The van der Waals surface area contributed by atoms with Crippen LogP contribution in [0.15, 0.2) is 36.5 Å². The largest absolute Gasteiger partial charge is 0.493 e. The van der Waals surface area contributed by atoms with Crippen LogP contribution in [0.1, 0.15) is 25.0 Å². The van der Waals surface area contributed by atoms with Crippen LogP contribution in [0.4, 0.5) is 11.9 Å². The lowest BCUT2D eigenvalue weighted by Crippen LogP contribution is -2.33. The van der Waals surface area contributed by atoms with Crippen LogP contribution in [-0.4, -0.2) is 65.3 Å². The summed E-state index contributed by atoms with van der Waals surface area (Å²) < 4.78 is 16.8. The van der Waals surface area contributed by atoms with Gasteiger partial charge in [-0.3, -0.25) is 10.2 Å². The molecule has 0 spiro atoms. The van der Waals surface area contributed by atoms with E-state index < -0.39 is 0 Å². The molecular formula is C26H30N6O3. The van der Waals surface area contributed by atoms with Crippen molar-refractivity contribution in [3.8, 4) is 17.2 Å². The molecule has 2 aromatic carbocycles. The van der Waals surface area contributed by atoms with Gasteiger partial charge < -0.3 is 14.2 Å². The van der Waals surface area contributed by atoms with Gasteiger partial charge in [0.25, 0.3) is 0 Å². The molecule has 0 bridgehead atoms. The van der Waals surface area contributed by atoms with Crippen molar-refractivity contribution in [3.63, 3.8) is 0 Å². The molecule has 0 saturated carbocycles. The third-order valence-electron chi connectivity index (χ3n) is 6.29. The average Bonchev–Trinajstić information content (AvgIpc) is 2.88. The fourth-order valence-electron chi connectivity index (χ4n) is 4.40. The monoisotopic (exact) mass is 474 g/mol. The van der Waals surface area contributed by atoms with E-state index in [2.05, 4.69) is 30.2 Å². The molecule has 1 aliphatic rings. The highest BCUT2D eigenvalue weighted by atomic mass is 16.5. The number of likely N-dealkylation sites (tertiary alicyclic amines) is 1. The molecule has 9 nitrogen and oxygen atoms in total. The maximum absolute atomic E-state index is 5.98. The molecule has 1 aliphatic heterocycles. The first-order valence-electron chi connectivity index (χ1n) is 11.9. The third kappa shape index (κ3) is 5.19. The SMILES string of the molecule is COc1cc2nc(Nc3ncc4cc(OCCN5CCCCC5)ccc4n3)nc(C)c2cc1OC. The first-order chi connectivity index (χ1) is 17.1. The third-order valence-corrected chi connectivity index (χ3v) is 6.29. The Bertz CT molecular complexity index is 1340. The van der Waals surface area contributed by atoms with Crippen LogP contribution in [0.2, 0.25) is 0 Å². The van der Waals surface area contributed by atoms with Crippen LogP contribution < -0.4 is 19.5 Å². The summed E-state index contributed by atoms with van der Waals surface area (Å²) in [6.07, 6.45) is 5.70. The van der Waals surface area contributed by atoms with Gasteiger partial charge in [0.05, 0.1) is 30.9 Å². The molecule has 1 saturated heterocycles. The Hall–Kier alpha value is -3.72. The van der Waals surface area contributed by atoms with Crippen molar-refractivity contribution in [2.24, 2.45) is 0 Å². The number of nitrogens with zero attached hydrogens (tertiary/aromatic N) is 5. The van der Waals surface area contributed by atoms with Crippen molar-refractivity contribution < 1.29 is 14.2 Å². The molecule has 2 aromatic heterocycles. The quantitative estimate of drug-likeness (QED) is 0.396. The number of anilines is 2. The minimum Gasteiger partial charge on any atom is -0.493 e. The summed E-state index contributed by atoms with van der Waals surface area (Å²) in [7, 11) is 3.21. The average molecular weight is 475 g/mol. The van der Waals surface area contributed by atoms with Crippen molar-refractivity contribution in [1.29, 1.82) is 0 Å². The zero-order valence-corrected chi connectivity index (χ0v) is 20.4. The zero-order valence-electron chi connectivity index (χ0n) is 20.4. The Labute approximate surface area is 204 Å². The minimum absolute atomic E-state index is 0.416. The van der Waals surface area contributed by atoms with Crippen LogP contribution in [0.3, 0.4) is 0 Å². The maximum atomic E-state index is 5.98. The number of piperidine rings is 1. The van der Waals surface area contributed by atoms with Crippen molar-refractivity contribution in [1.82, 2.24) is 24.8 Å². The van der Waals surface area contributed by atoms with Gasteiger partial charge in [0, 0.05) is 29.6 Å². The Kier molecular flexibility index (Phi) is 6.76. The number of nitrogens with one attached hydrogen (secondary N) is 1. The fourth-order valence-corrected chi connectivity index (χ4v) is 4.40. The van der Waals surface area contributed by atoms with Crippen molar-refractivity contribution in [2.75, 3.05) is 45.8 Å². The summed E-state index contributed by atoms with van der Waals surface area (Å²) in [4.78, 5) is 20.7. The van der Waals surface area contributed by atoms with E-state index in [1.165, 1.54) is 32.4 Å². The van der Waals surface area contributed by atoms with Gasteiger partial charge in [0.15, 0.2) is 11.5 Å². The molecule has 1 N–H and O–H groups in total. The van der Waals surface area contributed by atoms with Crippen LogP contribution in [-0.2, 0) is 0 Å².